The molecule has 0 aromatic rings. The van der Waals surface area contributed by atoms with E-state index >= 15 is 0 Å². The van der Waals surface area contributed by atoms with E-state index in [9.17, 15) is 5.11 Å². The van der Waals surface area contributed by atoms with Gasteiger partial charge in [0.2, 0.25) is 0 Å². The summed E-state index contributed by atoms with van der Waals surface area (Å²) in [6, 6.07) is 0. The summed E-state index contributed by atoms with van der Waals surface area (Å²) in [5.41, 5.74) is 1.66. The van der Waals surface area contributed by atoms with Gasteiger partial charge in [-0.05, 0) is 37.0 Å². The predicted octanol–water partition coefficient (Wildman–Crippen LogP) is 5.34. The summed E-state index contributed by atoms with van der Waals surface area (Å²) in [5, 5.41) is 9.88. The first-order chi connectivity index (χ1) is 8.86. The van der Waals surface area contributed by atoms with E-state index in [2.05, 4.69) is 40.7 Å². The van der Waals surface area contributed by atoms with Gasteiger partial charge in [-0.2, -0.15) is 0 Å². The van der Waals surface area contributed by atoms with Gasteiger partial charge >= 0.3 is 0 Å². The Morgan fingerprint density at radius 2 is 2.00 bits per heavy atom. The van der Waals surface area contributed by atoms with Crippen LogP contribution in [-0.2, 0) is 0 Å². The first-order valence-electron chi connectivity index (χ1n) is 8.23. The van der Waals surface area contributed by atoms with E-state index in [1.54, 1.807) is 0 Å². The van der Waals surface area contributed by atoms with Crippen molar-refractivity contribution in [3.63, 3.8) is 0 Å². The molecule has 19 heavy (non-hydrogen) atoms. The average Bonchev–Trinajstić information content (AvgIpc) is 2.26. The van der Waals surface area contributed by atoms with Gasteiger partial charge in [0.25, 0.3) is 0 Å². The zero-order valence-electron chi connectivity index (χ0n) is 13.7. The smallest absolute Gasteiger partial charge is 0.0728 e. The van der Waals surface area contributed by atoms with Crippen LogP contribution in [0.5, 0.6) is 0 Å². The van der Waals surface area contributed by atoms with Crippen LogP contribution in [0.4, 0.5) is 0 Å². The number of hydrogen-bond acceptors (Lipinski definition) is 1. The molecule has 0 spiro atoms. The van der Waals surface area contributed by atoms with Gasteiger partial charge in [0, 0.05) is 0 Å². The van der Waals surface area contributed by atoms with Gasteiger partial charge in [0.15, 0.2) is 0 Å². The second kappa shape index (κ2) is 7.47. The molecule has 1 heteroatoms. The Hall–Kier alpha value is -0.300. The fourth-order valence-corrected chi connectivity index (χ4v) is 3.73. The minimum atomic E-state index is -0.228. The van der Waals surface area contributed by atoms with Crippen LogP contribution in [-0.4, -0.2) is 11.2 Å². The fraction of sp³-hybridized carbons (Fsp3) is 0.889. The van der Waals surface area contributed by atoms with Gasteiger partial charge in [-0.3, -0.25) is 0 Å². The monoisotopic (exact) mass is 266 g/mol. The molecule has 0 fully saturated rings. The molecule has 112 valence electrons. The van der Waals surface area contributed by atoms with Crippen molar-refractivity contribution in [2.45, 2.75) is 85.7 Å². The molecular weight excluding hydrogens is 232 g/mol. The SMILES string of the molecule is CCCCCC(C)CCC1C(C)=CC(O)CC1(C)C. The molecule has 1 rings (SSSR count). The number of unbranched alkanes of at least 4 members (excludes halogenated alkanes) is 2. The molecule has 1 nitrogen and oxygen atoms in total. The molecule has 0 saturated carbocycles. The average molecular weight is 266 g/mol. The summed E-state index contributed by atoms with van der Waals surface area (Å²) in [4.78, 5) is 0. The normalized spacial score (nSPS) is 28.0. The summed E-state index contributed by atoms with van der Waals surface area (Å²) >= 11 is 0. The third kappa shape index (κ3) is 5.30. The topological polar surface area (TPSA) is 20.2 Å². The van der Waals surface area contributed by atoms with Crippen LogP contribution in [0.3, 0.4) is 0 Å². The number of aliphatic hydroxyl groups excluding tert-OH is 1. The lowest BCUT2D eigenvalue weighted by atomic mass is 9.66. The molecule has 1 aliphatic carbocycles. The Labute approximate surface area is 120 Å². The van der Waals surface area contributed by atoms with Gasteiger partial charge in [-0.15, -0.1) is 0 Å². The second-order valence-electron chi connectivity index (χ2n) is 7.40. The molecule has 0 heterocycles. The zero-order chi connectivity index (χ0) is 14.5. The molecule has 0 bridgehead atoms. The van der Waals surface area contributed by atoms with Crippen molar-refractivity contribution in [1.82, 2.24) is 0 Å². The molecule has 3 atom stereocenters. The number of aliphatic hydroxyl groups is 1. The highest BCUT2D eigenvalue weighted by molar-refractivity contribution is 5.15. The highest BCUT2D eigenvalue weighted by atomic mass is 16.3. The van der Waals surface area contributed by atoms with Crippen LogP contribution >= 0.6 is 0 Å². The van der Waals surface area contributed by atoms with Gasteiger partial charge in [-0.1, -0.05) is 71.4 Å². The maximum atomic E-state index is 9.88. The van der Waals surface area contributed by atoms with E-state index in [-0.39, 0.29) is 11.5 Å². The number of rotatable bonds is 7. The van der Waals surface area contributed by atoms with Crippen molar-refractivity contribution in [3.05, 3.63) is 11.6 Å². The summed E-state index contributed by atoms with van der Waals surface area (Å²) in [5.74, 6) is 1.51. The molecule has 1 N–H and O–H groups in total. The molecule has 3 unspecified atom stereocenters. The van der Waals surface area contributed by atoms with Gasteiger partial charge in [0.1, 0.15) is 0 Å². The lowest BCUT2D eigenvalue weighted by Gasteiger charge is -2.41. The highest BCUT2D eigenvalue weighted by Crippen LogP contribution is 2.44. The fourth-order valence-electron chi connectivity index (χ4n) is 3.73. The van der Waals surface area contributed by atoms with E-state index in [0.29, 0.717) is 5.92 Å². The summed E-state index contributed by atoms with van der Waals surface area (Å²) < 4.78 is 0. The quantitative estimate of drug-likeness (QED) is 0.487. The Balaban J connectivity index is 2.44. The van der Waals surface area contributed by atoms with Crippen molar-refractivity contribution in [2.75, 3.05) is 0 Å². The summed E-state index contributed by atoms with van der Waals surface area (Å²) in [6.45, 7) is 11.5. The van der Waals surface area contributed by atoms with Crippen LogP contribution in [0.25, 0.3) is 0 Å². The van der Waals surface area contributed by atoms with E-state index in [1.165, 1.54) is 44.1 Å². The van der Waals surface area contributed by atoms with Gasteiger partial charge in [-0.25, -0.2) is 0 Å². The highest BCUT2D eigenvalue weighted by Gasteiger charge is 2.35. The molecule has 0 radical (unpaired) electrons. The van der Waals surface area contributed by atoms with Crippen LogP contribution < -0.4 is 0 Å². The van der Waals surface area contributed by atoms with Crippen molar-refractivity contribution in [2.24, 2.45) is 17.3 Å². The van der Waals surface area contributed by atoms with Gasteiger partial charge < -0.3 is 5.11 Å². The lowest BCUT2D eigenvalue weighted by Crippen LogP contribution is -2.33. The zero-order valence-corrected chi connectivity index (χ0v) is 13.7. The summed E-state index contributed by atoms with van der Waals surface area (Å²) in [6.07, 6.45) is 10.9. The van der Waals surface area contributed by atoms with E-state index in [1.807, 2.05) is 0 Å². The number of allylic oxidation sites excluding steroid dienone is 1. The minimum Gasteiger partial charge on any atom is -0.389 e. The summed E-state index contributed by atoms with van der Waals surface area (Å²) in [7, 11) is 0. The lowest BCUT2D eigenvalue weighted by molar-refractivity contribution is 0.0951. The molecule has 0 aromatic heterocycles. The maximum absolute atomic E-state index is 9.88. The van der Waals surface area contributed by atoms with Crippen LogP contribution in [0, 0.1) is 17.3 Å². The van der Waals surface area contributed by atoms with Gasteiger partial charge in [0.05, 0.1) is 6.10 Å². The Bertz CT molecular complexity index is 290. The Morgan fingerprint density at radius 1 is 1.32 bits per heavy atom. The first-order valence-corrected chi connectivity index (χ1v) is 8.23. The third-order valence-corrected chi connectivity index (χ3v) is 4.93. The van der Waals surface area contributed by atoms with E-state index in [0.717, 1.165) is 12.3 Å². The van der Waals surface area contributed by atoms with Crippen LogP contribution in [0.2, 0.25) is 0 Å². The Morgan fingerprint density at radius 3 is 2.58 bits per heavy atom. The Kier molecular flexibility index (Phi) is 6.59. The van der Waals surface area contributed by atoms with Crippen molar-refractivity contribution in [1.29, 1.82) is 0 Å². The minimum absolute atomic E-state index is 0.228. The van der Waals surface area contributed by atoms with E-state index < -0.39 is 0 Å². The van der Waals surface area contributed by atoms with Crippen LogP contribution in [0.1, 0.15) is 79.6 Å². The number of hydrogen-bond donors (Lipinski definition) is 1. The largest absolute Gasteiger partial charge is 0.389 e. The predicted molar refractivity (Wildman–Crippen MR) is 84.2 cm³/mol. The first kappa shape index (κ1) is 16.8. The van der Waals surface area contributed by atoms with Crippen molar-refractivity contribution in [3.8, 4) is 0 Å². The van der Waals surface area contributed by atoms with Crippen molar-refractivity contribution < 1.29 is 5.11 Å². The van der Waals surface area contributed by atoms with Crippen LogP contribution in [0.15, 0.2) is 11.6 Å². The molecule has 0 aliphatic heterocycles. The molecule has 1 aliphatic rings. The van der Waals surface area contributed by atoms with E-state index in [4.69, 9.17) is 0 Å². The maximum Gasteiger partial charge on any atom is 0.0728 e. The third-order valence-electron chi connectivity index (χ3n) is 4.93. The second-order valence-corrected chi connectivity index (χ2v) is 7.40. The molecule has 0 amide bonds. The molecule has 0 saturated heterocycles. The standard InChI is InChI=1S/C18H34O/c1-6-7-8-9-14(2)10-11-17-15(3)12-16(19)13-18(17,4)5/h12,14,16-17,19H,6-11,13H2,1-5H3. The molecular formula is C18H34O. The van der Waals surface area contributed by atoms with Crippen molar-refractivity contribution >= 4 is 0 Å². The molecule has 0 aromatic carbocycles.